The van der Waals surface area contributed by atoms with E-state index in [4.69, 9.17) is 10.3 Å². The third kappa shape index (κ3) is 2.12. The molecule has 0 aliphatic carbocycles. The minimum atomic E-state index is -0.698. The lowest BCUT2D eigenvalue weighted by atomic mass is 10.3. The Morgan fingerprint density at radius 3 is 2.85 bits per heavy atom. The number of hydrogen-bond acceptors (Lipinski definition) is 6. The summed E-state index contributed by atoms with van der Waals surface area (Å²) in [6.45, 7) is 3.79. The molecule has 1 aromatic carbocycles. The molecular formula is C13H15N5O2. The largest absolute Gasteiger partial charge is 0.399 e. The molecule has 3 aromatic rings. The second-order valence-electron chi connectivity index (χ2n) is 4.71. The van der Waals surface area contributed by atoms with Crippen LogP contribution in [0.2, 0.25) is 0 Å². The van der Waals surface area contributed by atoms with Crippen LogP contribution >= 0.6 is 0 Å². The predicted octanol–water partition coefficient (Wildman–Crippen LogP) is 1.41. The number of rotatable bonds is 3. The highest BCUT2D eigenvalue weighted by atomic mass is 16.5. The molecule has 0 bridgehead atoms. The fourth-order valence-corrected chi connectivity index (χ4v) is 2.20. The van der Waals surface area contributed by atoms with Gasteiger partial charge in [-0.05, 0) is 25.1 Å². The molecule has 7 nitrogen and oxygen atoms in total. The molecule has 104 valence electrons. The molecule has 0 spiro atoms. The lowest BCUT2D eigenvalue weighted by Gasteiger charge is -2.08. The second kappa shape index (κ2) is 4.61. The summed E-state index contributed by atoms with van der Waals surface area (Å²) in [6, 6.07) is 5.45. The Labute approximate surface area is 115 Å². The van der Waals surface area contributed by atoms with Crippen molar-refractivity contribution in [1.29, 1.82) is 0 Å². The Morgan fingerprint density at radius 1 is 1.40 bits per heavy atom. The maximum Gasteiger partial charge on any atom is 0.223 e. The van der Waals surface area contributed by atoms with E-state index in [-0.39, 0.29) is 0 Å². The number of hydrogen-bond donors (Lipinski definition) is 2. The summed E-state index contributed by atoms with van der Waals surface area (Å²) < 4.78 is 6.83. The van der Waals surface area contributed by atoms with E-state index in [1.807, 2.05) is 10.6 Å². The van der Waals surface area contributed by atoms with Crippen LogP contribution in [0.1, 0.15) is 30.6 Å². The topological polar surface area (TPSA) is 103 Å². The van der Waals surface area contributed by atoms with Gasteiger partial charge in [0.2, 0.25) is 5.89 Å². The number of nitrogen functional groups attached to an aromatic ring is 1. The molecule has 7 heteroatoms. The van der Waals surface area contributed by atoms with E-state index < -0.39 is 6.10 Å². The number of nitrogens with zero attached hydrogens (tertiary/aromatic N) is 4. The molecule has 3 rings (SSSR count). The zero-order valence-electron chi connectivity index (χ0n) is 11.2. The van der Waals surface area contributed by atoms with Gasteiger partial charge in [0.05, 0.1) is 17.6 Å². The quantitative estimate of drug-likeness (QED) is 0.699. The van der Waals surface area contributed by atoms with Crippen molar-refractivity contribution in [3.05, 3.63) is 35.7 Å². The van der Waals surface area contributed by atoms with E-state index in [1.165, 1.54) is 0 Å². The van der Waals surface area contributed by atoms with Crippen LogP contribution in [0.15, 0.2) is 22.7 Å². The highest BCUT2D eigenvalue weighted by Gasteiger charge is 2.16. The summed E-state index contributed by atoms with van der Waals surface area (Å²) >= 11 is 0. The maximum atomic E-state index is 9.88. The first-order valence-electron chi connectivity index (χ1n) is 6.27. The van der Waals surface area contributed by atoms with E-state index in [2.05, 4.69) is 15.1 Å². The zero-order chi connectivity index (χ0) is 14.3. The Balaban J connectivity index is 2.13. The van der Waals surface area contributed by atoms with Crippen LogP contribution in [-0.4, -0.2) is 24.8 Å². The molecular weight excluding hydrogens is 258 g/mol. The van der Waals surface area contributed by atoms with Gasteiger partial charge in [-0.25, -0.2) is 4.98 Å². The van der Waals surface area contributed by atoms with Gasteiger partial charge in [0.15, 0.2) is 5.82 Å². The first kappa shape index (κ1) is 12.6. The standard InChI is InChI=1S/C13H15N5O2/c1-7(19)13-16-10-5-9(14)3-4-11(10)18(13)6-12-15-8(2)20-17-12/h3-5,7,19H,6,14H2,1-2H3. The van der Waals surface area contributed by atoms with Crippen molar-refractivity contribution in [1.82, 2.24) is 19.7 Å². The van der Waals surface area contributed by atoms with Crippen LogP contribution in [0, 0.1) is 6.92 Å². The van der Waals surface area contributed by atoms with Crippen LogP contribution in [-0.2, 0) is 6.54 Å². The fraction of sp³-hybridized carbons (Fsp3) is 0.308. The van der Waals surface area contributed by atoms with Gasteiger partial charge in [-0.15, -0.1) is 0 Å². The summed E-state index contributed by atoms with van der Waals surface area (Å²) in [5.41, 5.74) is 8.01. The number of anilines is 1. The van der Waals surface area contributed by atoms with E-state index in [0.29, 0.717) is 29.8 Å². The smallest absolute Gasteiger partial charge is 0.223 e. The number of aromatic nitrogens is 4. The SMILES string of the molecule is Cc1nc(Cn2c(C(C)O)nc3cc(N)ccc32)no1. The number of nitrogens with two attached hydrogens (primary N) is 1. The lowest BCUT2D eigenvalue weighted by molar-refractivity contribution is 0.185. The summed E-state index contributed by atoms with van der Waals surface area (Å²) in [6.07, 6.45) is -0.698. The van der Waals surface area contributed by atoms with Gasteiger partial charge < -0.3 is 19.9 Å². The molecule has 0 fully saturated rings. The summed E-state index contributed by atoms with van der Waals surface area (Å²) in [4.78, 5) is 8.60. The molecule has 1 atom stereocenters. The van der Waals surface area contributed by atoms with Crippen molar-refractivity contribution < 1.29 is 9.63 Å². The van der Waals surface area contributed by atoms with Crippen LogP contribution in [0.4, 0.5) is 5.69 Å². The number of imidazole rings is 1. The van der Waals surface area contributed by atoms with Gasteiger partial charge in [0.1, 0.15) is 11.9 Å². The van der Waals surface area contributed by atoms with Gasteiger partial charge in [-0.2, -0.15) is 4.98 Å². The van der Waals surface area contributed by atoms with Crippen molar-refractivity contribution >= 4 is 16.7 Å². The number of aliphatic hydroxyl groups excluding tert-OH is 1. The number of benzene rings is 1. The minimum Gasteiger partial charge on any atom is -0.399 e. The third-order valence-electron chi connectivity index (χ3n) is 3.04. The van der Waals surface area contributed by atoms with Crippen molar-refractivity contribution in [3.8, 4) is 0 Å². The average Bonchev–Trinajstić information content (AvgIpc) is 2.94. The molecule has 1 unspecified atom stereocenters. The molecule has 0 radical (unpaired) electrons. The van der Waals surface area contributed by atoms with Crippen molar-refractivity contribution in [2.75, 3.05) is 5.73 Å². The molecule has 20 heavy (non-hydrogen) atoms. The fourth-order valence-electron chi connectivity index (χ4n) is 2.20. The molecule has 0 saturated carbocycles. The predicted molar refractivity (Wildman–Crippen MR) is 72.9 cm³/mol. The van der Waals surface area contributed by atoms with Gasteiger partial charge in [-0.3, -0.25) is 0 Å². The van der Waals surface area contributed by atoms with Gasteiger partial charge >= 0.3 is 0 Å². The van der Waals surface area contributed by atoms with Crippen LogP contribution in [0.5, 0.6) is 0 Å². The van der Waals surface area contributed by atoms with Crippen LogP contribution in [0.25, 0.3) is 11.0 Å². The average molecular weight is 273 g/mol. The Hall–Kier alpha value is -2.41. The molecule has 0 aliphatic rings. The van der Waals surface area contributed by atoms with Crippen molar-refractivity contribution in [2.45, 2.75) is 26.5 Å². The molecule has 0 saturated heterocycles. The summed E-state index contributed by atoms with van der Waals surface area (Å²) in [5.74, 6) is 1.60. The first-order valence-corrected chi connectivity index (χ1v) is 6.27. The molecule has 2 heterocycles. The highest BCUT2D eigenvalue weighted by Crippen LogP contribution is 2.23. The Kier molecular flexibility index (Phi) is 2.90. The third-order valence-corrected chi connectivity index (χ3v) is 3.04. The zero-order valence-corrected chi connectivity index (χ0v) is 11.2. The normalized spacial score (nSPS) is 12.9. The summed E-state index contributed by atoms with van der Waals surface area (Å²) in [7, 11) is 0. The second-order valence-corrected chi connectivity index (χ2v) is 4.71. The van der Waals surface area contributed by atoms with Crippen LogP contribution < -0.4 is 5.73 Å². The molecule has 0 amide bonds. The van der Waals surface area contributed by atoms with Crippen LogP contribution in [0.3, 0.4) is 0 Å². The minimum absolute atomic E-state index is 0.387. The Morgan fingerprint density at radius 2 is 2.20 bits per heavy atom. The van der Waals surface area contributed by atoms with Crippen molar-refractivity contribution in [3.63, 3.8) is 0 Å². The van der Waals surface area contributed by atoms with Gasteiger partial charge in [0, 0.05) is 12.6 Å². The molecule has 3 N–H and O–H groups in total. The number of aryl methyl sites for hydroxylation is 1. The number of aliphatic hydroxyl groups is 1. The van der Waals surface area contributed by atoms with Gasteiger partial charge in [0.25, 0.3) is 0 Å². The van der Waals surface area contributed by atoms with Crippen molar-refractivity contribution in [2.24, 2.45) is 0 Å². The summed E-state index contributed by atoms with van der Waals surface area (Å²) in [5, 5.41) is 13.8. The monoisotopic (exact) mass is 273 g/mol. The van der Waals surface area contributed by atoms with E-state index in [9.17, 15) is 5.11 Å². The van der Waals surface area contributed by atoms with Gasteiger partial charge in [-0.1, -0.05) is 5.16 Å². The maximum absolute atomic E-state index is 9.88. The molecule has 2 aromatic heterocycles. The van der Waals surface area contributed by atoms with E-state index in [1.54, 1.807) is 26.0 Å². The lowest BCUT2D eigenvalue weighted by Crippen LogP contribution is -2.09. The van der Waals surface area contributed by atoms with E-state index >= 15 is 0 Å². The highest BCUT2D eigenvalue weighted by molar-refractivity contribution is 5.79. The Bertz CT molecular complexity index is 759. The molecule has 0 aliphatic heterocycles. The van der Waals surface area contributed by atoms with E-state index in [0.717, 1.165) is 11.0 Å². The number of fused-ring (bicyclic) bond motifs is 1. The first-order chi connectivity index (χ1) is 9.54.